The number of nitrogens with zero attached hydrogens (tertiary/aromatic N) is 2. The van der Waals surface area contributed by atoms with Crippen LogP contribution >= 0.6 is 0 Å². The van der Waals surface area contributed by atoms with Gasteiger partial charge in [0.25, 0.3) is 0 Å². The van der Waals surface area contributed by atoms with E-state index in [9.17, 15) is 15.3 Å². The van der Waals surface area contributed by atoms with Gasteiger partial charge in [-0.2, -0.15) is 0 Å². The Morgan fingerprint density at radius 2 is 1.86 bits per heavy atom. The smallest absolute Gasteiger partial charge is 0.247 e. The van der Waals surface area contributed by atoms with E-state index >= 15 is 0 Å². The van der Waals surface area contributed by atoms with Crippen molar-refractivity contribution in [1.82, 2.24) is 10.2 Å². The quantitative estimate of drug-likeness (QED) is 0.600. The molecule has 4 rings (SSSR count). The molecule has 0 saturated carbocycles. The number of aliphatic hydroxyl groups excluding tert-OH is 3. The first kappa shape index (κ1) is 19.5. The van der Waals surface area contributed by atoms with Gasteiger partial charge in [-0.25, -0.2) is 0 Å². The van der Waals surface area contributed by atoms with E-state index in [2.05, 4.69) is 10.2 Å². The van der Waals surface area contributed by atoms with E-state index in [-0.39, 0.29) is 13.0 Å². The van der Waals surface area contributed by atoms with Gasteiger partial charge in [-0.3, -0.25) is 0 Å². The Balaban J connectivity index is 1.50. The molecule has 8 heteroatoms. The van der Waals surface area contributed by atoms with Crippen molar-refractivity contribution >= 4 is 0 Å². The van der Waals surface area contributed by atoms with Crippen LogP contribution in [-0.4, -0.2) is 50.4 Å². The van der Waals surface area contributed by atoms with Gasteiger partial charge in [0.1, 0.15) is 23.7 Å². The largest absolute Gasteiger partial charge is 0.457 e. The van der Waals surface area contributed by atoms with Crippen LogP contribution in [0.2, 0.25) is 0 Å². The highest BCUT2D eigenvalue weighted by Gasteiger charge is 2.37. The second-order valence-corrected chi connectivity index (χ2v) is 6.98. The molecule has 3 aromatic rings. The maximum atomic E-state index is 10.3. The summed E-state index contributed by atoms with van der Waals surface area (Å²) < 4.78 is 17.1. The molecule has 1 fully saturated rings. The number of ether oxygens (including phenoxy) is 2. The summed E-state index contributed by atoms with van der Waals surface area (Å²) in [5.41, 5.74) is 1.44. The number of aryl methyl sites for hydroxylation is 1. The highest BCUT2D eigenvalue weighted by Crippen LogP contribution is 2.34. The van der Waals surface area contributed by atoms with Crippen molar-refractivity contribution in [1.29, 1.82) is 0 Å². The van der Waals surface area contributed by atoms with Crippen LogP contribution in [0.1, 0.15) is 24.0 Å². The van der Waals surface area contributed by atoms with Crippen LogP contribution in [0.3, 0.4) is 0 Å². The number of hydrogen-bond donors (Lipinski definition) is 3. The minimum Gasteiger partial charge on any atom is -0.457 e. The number of rotatable bonds is 5. The fraction of sp³-hybridized carbons (Fsp3) is 0.333. The van der Waals surface area contributed by atoms with Crippen molar-refractivity contribution in [2.75, 3.05) is 6.61 Å². The van der Waals surface area contributed by atoms with Crippen molar-refractivity contribution < 1.29 is 29.2 Å². The molecule has 1 saturated heterocycles. The van der Waals surface area contributed by atoms with Gasteiger partial charge in [-0.1, -0.05) is 12.1 Å². The number of aliphatic hydroxyl groups is 3. The molecule has 1 aliphatic rings. The summed E-state index contributed by atoms with van der Waals surface area (Å²) in [6, 6.07) is 14.3. The second-order valence-electron chi connectivity index (χ2n) is 6.98. The molecule has 0 amide bonds. The molecule has 152 valence electrons. The molecule has 4 unspecified atom stereocenters. The Bertz CT molecular complexity index is 958. The predicted molar refractivity (Wildman–Crippen MR) is 102 cm³/mol. The minimum atomic E-state index is -1.08. The van der Waals surface area contributed by atoms with Gasteiger partial charge in [0.15, 0.2) is 0 Å². The van der Waals surface area contributed by atoms with Crippen molar-refractivity contribution in [2.24, 2.45) is 0 Å². The first-order chi connectivity index (χ1) is 14.0. The van der Waals surface area contributed by atoms with Crippen LogP contribution < -0.4 is 4.74 Å². The average molecular weight is 398 g/mol. The monoisotopic (exact) mass is 398 g/mol. The van der Waals surface area contributed by atoms with E-state index in [1.54, 1.807) is 43.3 Å². The van der Waals surface area contributed by atoms with Crippen LogP contribution in [-0.2, 0) is 4.74 Å². The molecule has 29 heavy (non-hydrogen) atoms. The fourth-order valence-corrected chi connectivity index (χ4v) is 3.32. The van der Waals surface area contributed by atoms with Gasteiger partial charge in [0, 0.05) is 18.9 Å². The summed E-state index contributed by atoms with van der Waals surface area (Å²) in [4.78, 5) is 0. The molecular formula is C21H22N2O6. The highest BCUT2D eigenvalue weighted by molar-refractivity contribution is 5.54. The molecule has 4 atom stereocenters. The maximum Gasteiger partial charge on any atom is 0.247 e. The zero-order valence-electron chi connectivity index (χ0n) is 15.8. The molecule has 2 heterocycles. The van der Waals surface area contributed by atoms with Gasteiger partial charge in [-0.15, -0.1) is 10.2 Å². The highest BCUT2D eigenvalue weighted by atomic mass is 16.5. The Hall–Kier alpha value is -2.78. The summed E-state index contributed by atoms with van der Waals surface area (Å²) in [5.74, 6) is 2.11. The van der Waals surface area contributed by atoms with E-state index in [0.29, 0.717) is 28.8 Å². The van der Waals surface area contributed by atoms with E-state index in [4.69, 9.17) is 13.9 Å². The first-order valence-electron chi connectivity index (χ1n) is 9.34. The SMILES string of the molecule is Cc1nnc(-c2ccc(Oc3cccc(C4OC(CO)CC(O)C4O)c3)cc2)o1. The molecule has 3 N–H and O–H groups in total. The molecule has 8 nitrogen and oxygen atoms in total. The third-order valence-electron chi connectivity index (χ3n) is 4.80. The zero-order valence-corrected chi connectivity index (χ0v) is 15.8. The van der Waals surface area contributed by atoms with Crippen molar-refractivity contribution in [3.63, 3.8) is 0 Å². The van der Waals surface area contributed by atoms with Gasteiger partial charge in [0.05, 0.1) is 18.8 Å². The molecular weight excluding hydrogens is 376 g/mol. The van der Waals surface area contributed by atoms with Crippen molar-refractivity contribution in [3.05, 3.63) is 60.0 Å². The number of benzene rings is 2. The molecule has 2 aromatic carbocycles. The lowest BCUT2D eigenvalue weighted by atomic mass is 9.93. The van der Waals surface area contributed by atoms with E-state index in [0.717, 1.165) is 5.56 Å². The Morgan fingerprint density at radius 1 is 1.07 bits per heavy atom. The average Bonchev–Trinajstić information content (AvgIpc) is 3.17. The third-order valence-corrected chi connectivity index (χ3v) is 4.80. The fourth-order valence-electron chi connectivity index (χ4n) is 3.32. The van der Waals surface area contributed by atoms with Gasteiger partial charge in [0.2, 0.25) is 11.8 Å². The lowest BCUT2D eigenvalue weighted by Crippen LogP contribution is -2.44. The molecule has 0 radical (unpaired) electrons. The summed E-state index contributed by atoms with van der Waals surface area (Å²) in [6.07, 6.45) is -3.12. The van der Waals surface area contributed by atoms with E-state index in [1.165, 1.54) is 0 Å². The minimum absolute atomic E-state index is 0.191. The Morgan fingerprint density at radius 3 is 2.55 bits per heavy atom. The number of hydrogen-bond acceptors (Lipinski definition) is 8. The van der Waals surface area contributed by atoms with Crippen LogP contribution in [0.15, 0.2) is 52.9 Å². The third kappa shape index (κ3) is 4.30. The zero-order chi connectivity index (χ0) is 20.4. The normalized spacial score (nSPS) is 24.4. The topological polar surface area (TPSA) is 118 Å². The van der Waals surface area contributed by atoms with E-state index in [1.807, 2.05) is 12.1 Å². The van der Waals surface area contributed by atoms with Crippen LogP contribution in [0.5, 0.6) is 11.5 Å². The second kappa shape index (κ2) is 8.30. The lowest BCUT2D eigenvalue weighted by molar-refractivity contribution is -0.179. The van der Waals surface area contributed by atoms with Crippen molar-refractivity contribution in [3.8, 4) is 23.0 Å². The molecule has 0 bridgehead atoms. The summed E-state index contributed by atoms with van der Waals surface area (Å²) >= 11 is 0. The van der Waals surface area contributed by atoms with Crippen molar-refractivity contribution in [2.45, 2.75) is 37.8 Å². The van der Waals surface area contributed by atoms with Gasteiger partial charge >= 0.3 is 0 Å². The molecule has 0 aliphatic carbocycles. The van der Waals surface area contributed by atoms with Gasteiger partial charge < -0.3 is 29.2 Å². The summed E-state index contributed by atoms with van der Waals surface area (Å²) in [5, 5.41) is 37.5. The van der Waals surface area contributed by atoms with Gasteiger partial charge in [-0.05, 0) is 42.0 Å². The predicted octanol–water partition coefficient (Wildman–Crippen LogP) is 2.38. The van der Waals surface area contributed by atoms with Crippen LogP contribution in [0.4, 0.5) is 0 Å². The Kier molecular flexibility index (Phi) is 5.59. The maximum absolute atomic E-state index is 10.3. The summed E-state index contributed by atoms with van der Waals surface area (Å²) in [6.45, 7) is 1.51. The first-order valence-corrected chi connectivity index (χ1v) is 9.34. The Labute approximate surface area is 167 Å². The van der Waals surface area contributed by atoms with Crippen LogP contribution in [0, 0.1) is 6.92 Å². The summed E-state index contributed by atoms with van der Waals surface area (Å²) in [7, 11) is 0. The molecule has 1 aliphatic heterocycles. The standard InChI is InChI=1S/C21H22N2O6/c1-12-22-23-21(27-12)13-5-7-15(8-6-13)28-16-4-2-3-14(9-16)20-19(26)18(25)10-17(11-24)29-20/h2-9,17-20,24-26H,10-11H2,1H3. The van der Waals surface area contributed by atoms with E-state index < -0.39 is 24.4 Å². The lowest BCUT2D eigenvalue weighted by Gasteiger charge is -2.36. The molecule has 0 spiro atoms. The number of aromatic nitrogens is 2. The van der Waals surface area contributed by atoms with Crippen LogP contribution in [0.25, 0.3) is 11.5 Å². The molecule has 1 aromatic heterocycles.